The second kappa shape index (κ2) is 9.42. The topological polar surface area (TPSA) is 86.7 Å². The van der Waals surface area contributed by atoms with Gasteiger partial charge in [0.2, 0.25) is 10.0 Å². The smallest absolute Gasteiger partial charge is 0.266 e. The van der Waals surface area contributed by atoms with Crippen molar-refractivity contribution in [3.63, 3.8) is 0 Å². The number of benzene rings is 3. The van der Waals surface area contributed by atoms with Crippen LogP contribution in [-0.2, 0) is 27.7 Å². The van der Waals surface area contributed by atoms with Crippen molar-refractivity contribution in [3.05, 3.63) is 94.5 Å². The standard InChI is InChI=1S/C24H23ClN2O4S/c25-21-11-9-19(10-12-21)18-7-5-17(6-8-18)14-16-32(30,31)27-15-13-20-3-1-2-4-22(20)23(27)24(28)26-29/h1-12,23,29H,13-16H2,(H,26,28). The predicted octanol–water partition coefficient (Wildman–Crippen LogP) is 3.98. The lowest BCUT2D eigenvalue weighted by molar-refractivity contribution is -0.133. The van der Waals surface area contributed by atoms with Crippen LogP contribution >= 0.6 is 11.6 Å². The molecule has 1 heterocycles. The van der Waals surface area contributed by atoms with Crippen LogP contribution in [0.5, 0.6) is 0 Å². The van der Waals surface area contributed by atoms with Crippen LogP contribution in [0.1, 0.15) is 22.7 Å². The van der Waals surface area contributed by atoms with E-state index in [-0.39, 0.29) is 12.3 Å². The normalized spacial score (nSPS) is 16.4. The third-order valence-electron chi connectivity index (χ3n) is 5.74. The van der Waals surface area contributed by atoms with E-state index >= 15 is 0 Å². The fraction of sp³-hybridized carbons (Fsp3) is 0.208. The number of carbonyl (C=O) groups is 1. The summed E-state index contributed by atoms with van der Waals surface area (Å²) >= 11 is 5.94. The number of amides is 1. The first kappa shape index (κ1) is 22.5. The van der Waals surface area contributed by atoms with Gasteiger partial charge in [-0.3, -0.25) is 10.0 Å². The van der Waals surface area contributed by atoms with Crippen molar-refractivity contribution in [1.82, 2.24) is 9.79 Å². The number of aryl methyl sites for hydroxylation is 1. The maximum atomic E-state index is 13.2. The number of hydroxylamine groups is 1. The van der Waals surface area contributed by atoms with Crippen LogP contribution in [0.2, 0.25) is 5.02 Å². The summed E-state index contributed by atoms with van der Waals surface area (Å²) in [5.74, 6) is -0.891. The van der Waals surface area contributed by atoms with E-state index in [1.54, 1.807) is 17.6 Å². The van der Waals surface area contributed by atoms with Crippen LogP contribution in [0.4, 0.5) is 0 Å². The number of rotatable bonds is 6. The summed E-state index contributed by atoms with van der Waals surface area (Å²) in [5.41, 5.74) is 6.05. The van der Waals surface area contributed by atoms with Crippen molar-refractivity contribution in [1.29, 1.82) is 0 Å². The van der Waals surface area contributed by atoms with Crippen LogP contribution in [0, 0.1) is 0 Å². The first-order valence-corrected chi connectivity index (χ1v) is 12.2. The van der Waals surface area contributed by atoms with E-state index in [1.165, 1.54) is 4.31 Å². The minimum absolute atomic E-state index is 0.134. The Kier molecular flexibility index (Phi) is 6.62. The Labute approximate surface area is 192 Å². The SMILES string of the molecule is O=C(NO)C1c2ccccc2CCN1S(=O)(=O)CCc1ccc(-c2ccc(Cl)cc2)cc1. The molecule has 6 nitrogen and oxygen atoms in total. The first-order valence-electron chi connectivity index (χ1n) is 10.3. The van der Waals surface area contributed by atoms with Crippen LogP contribution < -0.4 is 5.48 Å². The summed E-state index contributed by atoms with van der Waals surface area (Å²) < 4.78 is 27.5. The van der Waals surface area contributed by atoms with Gasteiger partial charge in [0.15, 0.2) is 0 Å². The molecule has 0 spiro atoms. The maximum Gasteiger partial charge on any atom is 0.266 e. The molecule has 166 valence electrons. The van der Waals surface area contributed by atoms with Crippen LogP contribution in [0.15, 0.2) is 72.8 Å². The second-order valence-corrected chi connectivity index (χ2v) is 10.2. The molecule has 1 unspecified atom stereocenters. The molecule has 8 heteroatoms. The number of carbonyl (C=O) groups excluding carboxylic acids is 1. The van der Waals surface area contributed by atoms with Gasteiger partial charge in [-0.1, -0.05) is 72.3 Å². The Morgan fingerprint density at radius 2 is 1.62 bits per heavy atom. The van der Waals surface area contributed by atoms with Crippen molar-refractivity contribution >= 4 is 27.5 Å². The maximum absolute atomic E-state index is 13.2. The molecule has 0 bridgehead atoms. The van der Waals surface area contributed by atoms with Gasteiger partial charge in [-0.2, -0.15) is 4.31 Å². The molecule has 0 saturated carbocycles. The third-order valence-corrected chi connectivity index (χ3v) is 7.82. The number of halogens is 1. The summed E-state index contributed by atoms with van der Waals surface area (Å²) in [7, 11) is -3.75. The molecule has 32 heavy (non-hydrogen) atoms. The van der Waals surface area contributed by atoms with Gasteiger partial charge in [0.25, 0.3) is 5.91 Å². The molecule has 1 aliphatic rings. The summed E-state index contributed by atoms with van der Waals surface area (Å²) in [5, 5.41) is 9.88. The highest BCUT2D eigenvalue weighted by Crippen LogP contribution is 2.32. The van der Waals surface area contributed by atoms with E-state index in [2.05, 4.69) is 0 Å². The number of sulfonamides is 1. The molecule has 1 atom stereocenters. The van der Waals surface area contributed by atoms with Gasteiger partial charge in [-0.25, -0.2) is 13.9 Å². The zero-order valence-corrected chi connectivity index (χ0v) is 18.8. The fourth-order valence-corrected chi connectivity index (χ4v) is 5.80. The highest BCUT2D eigenvalue weighted by Gasteiger charge is 2.39. The summed E-state index contributed by atoms with van der Waals surface area (Å²) in [6.07, 6.45) is 0.829. The van der Waals surface area contributed by atoms with Gasteiger partial charge in [0.1, 0.15) is 6.04 Å². The minimum Gasteiger partial charge on any atom is -0.289 e. The van der Waals surface area contributed by atoms with Crippen molar-refractivity contribution in [2.45, 2.75) is 18.9 Å². The Morgan fingerprint density at radius 3 is 2.28 bits per heavy atom. The van der Waals surface area contributed by atoms with E-state index in [0.29, 0.717) is 23.4 Å². The summed E-state index contributed by atoms with van der Waals surface area (Å²) in [4.78, 5) is 12.4. The van der Waals surface area contributed by atoms with E-state index < -0.39 is 22.0 Å². The monoisotopic (exact) mass is 470 g/mol. The van der Waals surface area contributed by atoms with Crippen LogP contribution in [0.3, 0.4) is 0 Å². The van der Waals surface area contributed by atoms with Gasteiger partial charge >= 0.3 is 0 Å². The van der Waals surface area contributed by atoms with Gasteiger partial charge in [-0.15, -0.1) is 0 Å². The highest BCUT2D eigenvalue weighted by molar-refractivity contribution is 7.89. The lowest BCUT2D eigenvalue weighted by Crippen LogP contribution is -2.47. The average Bonchev–Trinajstić information content (AvgIpc) is 2.82. The summed E-state index contributed by atoms with van der Waals surface area (Å²) in [6.45, 7) is 0.187. The molecule has 3 aromatic rings. The van der Waals surface area contributed by atoms with Crippen LogP contribution in [0.25, 0.3) is 11.1 Å². The quantitative estimate of drug-likeness (QED) is 0.421. The van der Waals surface area contributed by atoms with Gasteiger partial charge in [0.05, 0.1) is 5.75 Å². The lowest BCUT2D eigenvalue weighted by Gasteiger charge is -2.34. The zero-order chi connectivity index (χ0) is 22.7. The third kappa shape index (κ3) is 4.71. The minimum atomic E-state index is -3.75. The van der Waals surface area contributed by atoms with Crippen molar-refractivity contribution in [2.24, 2.45) is 0 Å². The van der Waals surface area contributed by atoms with Crippen molar-refractivity contribution in [3.8, 4) is 11.1 Å². The predicted molar refractivity (Wildman–Crippen MR) is 124 cm³/mol. The molecule has 0 aliphatic carbocycles. The largest absolute Gasteiger partial charge is 0.289 e. The van der Waals surface area contributed by atoms with Crippen molar-refractivity contribution < 1.29 is 18.4 Å². The molecule has 1 aliphatic heterocycles. The average molecular weight is 471 g/mol. The molecule has 2 N–H and O–H groups in total. The number of nitrogens with one attached hydrogen (secondary N) is 1. The second-order valence-electron chi connectivity index (χ2n) is 7.71. The molecule has 3 aromatic carbocycles. The van der Waals surface area contributed by atoms with Gasteiger partial charge < -0.3 is 0 Å². The molecule has 0 aromatic heterocycles. The Balaban J connectivity index is 1.50. The highest BCUT2D eigenvalue weighted by atomic mass is 35.5. The lowest BCUT2D eigenvalue weighted by atomic mass is 9.94. The van der Waals surface area contributed by atoms with Gasteiger partial charge in [0, 0.05) is 11.6 Å². The molecule has 4 rings (SSSR count). The Bertz CT molecular complexity index is 1210. The Morgan fingerprint density at radius 1 is 1.00 bits per heavy atom. The molecular formula is C24H23ClN2O4S. The van der Waals surface area contributed by atoms with E-state index in [4.69, 9.17) is 11.6 Å². The molecule has 0 saturated heterocycles. The Hall–Kier alpha value is -2.71. The number of hydrogen-bond acceptors (Lipinski definition) is 4. The first-order chi connectivity index (χ1) is 15.4. The number of nitrogens with zero attached hydrogens (tertiary/aromatic N) is 1. The molecule has 0 fully saturated rings. The molecular weight excluding hydrogens is 448 g/mol. The molecule has 0 radical (unpaired) electrons. The zero-order valence-electron chi connectivity index (χ0n) is 17.2. The number of hydrogen-bond donors (Lipinski definition) is 2. The van der Waals surface area contributed by atoms with Gasteiger partial charge in [-0.05, 0) is 52.8 Å². The number of fused-ring (bicyclic) bond motifs is 1. The van der Waals surface area contributed by atoms with Crippen molar-refractivity contribution in [2.75, 3.05) is 12.3 Å². The van der Waals surface area contributed by atoms with E-state index in [9.17, 15) is 18.4 Å². The fourth-order valence-electron chi connectivity index (χ4n) is 4.05. The summed E-state index contributed by atoms with van der Waals surface area (Å²) in [6, 6.07) is 21.4. The van der Waals surface area contributed by atoms with E-state index in [1.807, 2.05) is 60.7 Å². The van der Waals surface area contributed by atoms with E-state index in [0.717, 1.165) is 22.3 Å². The van der Waals surface area contributed by atoms with Crippen LogP contribution in [-0.4, -0.2) is 36.1 Å². The molecule has 1 amide bonds.